The number of halogens is 2. The van der Waals surface area contributed by atoms with Crippen molar-refractivity contribution in [1.29, 1.82) is 0 Å². The molecule has 0 bridgehead atoms. The van der Waals surface area contributed by atoms with E-state index in [2.05, 4.69) is 15.4 Å². The molecule has 1 aliphatic rings. The fourth-order valence-corrected chi connectivity index (χ4v) is 2.24. The van der Waals surface area contributed by atoms with Gasteiger partial charge >= 0.3 is 18.6 Å². The van der Waals surface area contributed by atoms with Crippen LogP contribution in [0, 0.1) is 0 Å². The standard InChI is InChI=1S/C16H17F2N3O6/c17-15(18)27-11-5-2-1-4-10(11)20-12(22)9-26-14(24)6-3-7-21-13(23)8-19-16(21)25/h1-2,4-5,15H,3,6-9H2,(H,19,25)(H,20,22). The van der Waals surface area contributed by atoms with Gasteiger partial charge in [-0.3, -0.25) is 19.3 Å². The third-order valence-electron chi connectivity index (χ3n) is 3.44. The second-order valence-corrected chi connectivity index (χ2v) is 5.39. The van der Waals surface area contributed by atoms with Crippen LogP contribution in [0.2, 0.25) is 0 Å². The quantitative estimate of drug-likeness (QED) is 0.486. The van der Waals surface area contributed by atoms with Crippen LogP contribution in [-0.2, 0) is 19.1 Å². The van der Waals surface area contributed by atoms with Gasteiger partial charge in [0.2, 0.25) is 5.91 Å². The topological polar surface area (TPSA) is 114 Å². The molecule has 4 amide bonds. The first-order chi connectivity index (χ1) is 12.9. The molecule has 0 saturated carbocycles. The summed E-state index contributed by atoms with van der Waals surface area (Å²) < 4.78 is 33.7. The van der Waals surface area contributed by atoms with Crippen molar-refractivity contribution in [2.24, 2.45) is 0 Å². The number of urea groups is 1. The molecule has 11 heteroatoms. The normalized spacial score (nSPS) is 13.5. The molecule has 9 nitrogen and oxygen atoms in total. The second-order valence-electron chi connectivity index (χ2n) is 5.39. The first-order valence-corrected chi connectivity index (χ1v) is 7.94. The first-order valence-electron chi connectivity index (χ1n) is 7.94. The number of carbonyl (C=O) groups excluding carboxylic acids is 4. The molecule has 1 aliphatic heterocycles. The summed E-state index contributed by atoms with van der Waals surface area (Å²) in [5.41, 5.74) is 0.0115. The fourth-order valence-electron chi connectivity index (χ4n) is 2.24. The Balaban J connectivity index is 1.71. The predicted octanol–water partition coefficient (Wildman–Crippen LogP) is 1.10. The Morgan fingerprint density at radius 3 is 2.67 bits per heavy atom. The van der Waals surface area contributed by atoms with Gasteiger partial charge in [0.05, 0.1) is 12.2 Å². The average molecular weight is 385 g/mol. The highest BCUT2D eigenvalue weighted by atomic mass is 19.3. The van der Waals surface area contributed by atoms with Crippen LogP contribution in [-0.4, -0.2) is 55.0 Å². The van der Waals surface area contributed by atoms with Gasteiger partial charge in [-0.2, -0.15) is 8.78 Å². The van der Waals surface area contributed by atoms with E-state index >= 15 is 0 Å². The highest BCUT2D eigenvalue weighted by Gasteiger charge is 2.27. The molecular weight excluding hydrogens is 368 g/mol. The molecule has 27 heavy (non-hydrogen) atoms. The number of ether oxygens (including phenoxy) is 2. The van der Waals surface area contributed by atoms with Crippen LogP contribution in [0.4, 0.5) is 19.3 Å². The van der Waals surface area contributed by atoms with Crippen LogP contribution in [0.15, 0.2) is 24.3 Å². The van der Waals surface area contributed by atoms with E-state index in [-0.39, 0.29) is 43.3 Å². The van der Waals surface area contributed by atoms with Crippen LogP contribution in [0.3, 0.4) is 0 Å². The van der Waals surface area contributed by atoms with Crippen molar-refractivity contribution in [3.8, 4) is 5.75 Å². The van der Waals surface area contributed by atoms with Gasteiger partial charge in [0.15, 0.2) is 6.61 Å². The molecule has 0 atom stereocenters. The Bertz CT molecular complexity index is 712. The maximum atomic E-state index is 12.3. The second kappa shape index (κ2) is 9.46. The minimum Gasteiger partial charge on any atom is -0.456 e. The first kappa shape index (κ1) is 20.1. The summed E-state index contributed by atoms with van der Waals surface area (Å²) in [5.74, 6) is -2.03. The van der Waals surface area contributed by atoms with Crippen LogP contribution in [0.1, 0.15) is 12.8 Å². The number of carbonyl (C=O) groups is 4. The SMILES string of the molecule is O=C(COC(=O)CCCN1C(=O)CNC1=O)Nc1ccccc1OC(F)F. The maximum absolute atomic E-state index is 12.3. The number of para-hydroxylation sites is 2. The predicted molar refractivity (Wildman–Crippen MR) is 87.0 cm³/mol. The van der Waals surface area contributed by atoms with Crippen molar-refractivity contribution >= 4 is 29.5 Å². The number of amides is 4. The lowest BCUT2D eigenvalue weighted by Gasteiger charge is -2.12. The number of anilines is 1. The Hall–Kier alpha value is -3.24. The van der Waals surface area contributed by atoms with Gasteiger partial charge in [-0.1, -0.05) is 12.1 Å². The number of esters is 1. The summed E-state index contributed by atoms with van der Waals surface area (Å²) in [7, 11) is 0. The van der Waals surface area contributed by atoms with Gasteiger partial charge in [-0.25, -0.2) is 4.79 Å². The Kier molecular flexibility index (Phi) is 7.03. The Labute approximate surface area is 152 Å². The molecule has 0 radical (unpaired) electrons. The smallest absolute Gasteiger partial charge is 0.387 e. The highest BCUT2D eigenvalue weighted by molar-refractivity contribution is 6.01. The summed E-state index contributed by atoms with van der Waals surface area (Å²) in [4.78, 5) is 47.1. The van der Waals surface area contributed by atoms with Gasteiger partial charge in [0, 0.05) is 13.0 Å². The third kappa shape index (κ3) is 6.20. The zero-order chi connectivity index (χ0) is 19.8. The molecular formula is C16H17F2N3O6. The molecule has 1 fully saturated rings. The third-order valence-corrected chi connectivity index (χ3v) is 3.44. The van der Waals surface area contributed by atoms with Crippen LogP contribution < -0.4 is 15.4 Å². The van der Waals surface area contributed by atoms with E-state index in [0.717, 1.165) is 4.90 Å². The minimum absolute atomic E-state index is 0.0115. The maximum Gasteiger partial charge on any atom is 0.387 e. The van der Waals surface area contributed by atoms with E-state index in [9.17, 15) is 28.0 Å². The molecule has 1 aromatic carbocycles. The van der Waals surface area contributed by atoms with E-state index in [1.807, 2.05) is 0 Å². The van der Waals surface area contributed by atoms with Crippen LogP contribution in [0.25, 0.3) is 0 Å². The van der Waals surface area contributed by atoms with Crippen LogP contribution >= 0.6 is 0 Å². The number of hydrogen-bond donors (Lipinski definition) is 2. The molecule has 146 valence electrons. The number of rotatable bonds is 9. The summed E-state index contributed by atoms with van der Waals surface area (Å²) in [6.45, 7) is -3.68. The summed E-state index contributed by atoms with van der Waals surface area (Å²) in [5, 5.41) is 4.65. The van der Waals surface area contributed by atoms with E-state index in [4.69, 9.17) is 4.74 Å². The van der Waals surface area contributed by atoms with Crippen molar-refractivity contribution in [2.75, 3.05) is 25.0 Å². The number of nitrogens with zero attached hydrogens (tertiary/aromatic N) is 1. The summed E-state index contributed by atoms with van der Waals surface area (Å²) >= 11 is 0. The lowest BCUT2D eigenvalue weighted by atomic mass is 10.3. The van der Waals surface area contributed by atoms with E-state index in [1.54, 1.807) is 0 Å². The van der Waals surface area contributed by atoms with Crippen molar-refractivity contribution in [3.05, 3.63) is 24.3 Å². The zero-order valence-corrected chi connectivity index (χ0v) is 14.1. The number of hydrogen-bond acceptors (Lipinski definition) is 6. The van der Waals surface area contributed by atoms with Gasteiger partial charge < -0.3 is 20.1 Å². The Morgan fingerprint density at radius 1 is 1.26 bits per heavy atom. The number of imide groups is 1. The lowest BCUT2D eigenvalue weighted by Crippen LogP contribution is -2.32. The van der Waals surface area contributed by atoms with Gasteiger partial charge in [0.25, 0.3) is 5.91 Å². The van der Waals surface area contributed by atoms with Crippen molar-refractivity contribution < 1.29 is 37.4 Å². The number of benzene rings is 1. The van der Waals surface area contributed by atoms with Gasteiger partial charge in [-0.05, 0) is 18.6 Å². The van der Waals surface area contributed by atoms with Gasteiger partial charge in [0.1, 0.15) is 5.75 Å². The summed E-state index contributed by atoms with van der Waals surface area (Å²) in [6, 6.07) is 5.06. The largest absolute Gasteiger partial charge is 0.456 e. The van der Waals surface area contributed by atoms with E-state index < -0.39 is 31.1 Å². The molecule has 0 spiro atoms. The fraction of sp³-hybridized carbons (Fsp3) is 0.375. The van der Waals surface area contributed by atoms with Crippen LogP contribution in [0.5, 0.6) is 5.75 Å². The van der Waals surface area contributed by atoms with Crippen molar-refractivity contribution in [2.45, 2.75) is 19.5 Å². The molecule has 2 rings (SSSR count). The lowest BCUT2D eigenvalue weighted by molar-refractivity contribution is -0.147. The molecule has 0 aliphatic carbocycles. The molecule has 2 N–H and O–H groups in total. The molecule has 0 aromatic heterocycles. The minimum atomic E-state index is -3.05. The van der Waals surface area contributed by atoms with Gasteiger partial charge in [-0.15, -0.1) is 0 Å². The number of nitrogens with one attached hydrogen (secondary N) is 2. The van der Waals surface area contributed by atoms with Crippen molar-refractivity contribution in [3.63, 3.8) is 0 Å². The number of alkyl halides is 2. The van der Waals surface area contributed by atoms with E-state index in [1.165, 1.54) is 24.3 Å². The Morgan fingerprint density at radius 2 is 2.00 bits per heavy atom. The molecule has 1 saturated heterocycles. The summed E-state index contributed by atoms with van der Waals surface area (Å²) in [6.07, 6.45) is 0.0834. The monoisotopic (exact) mass is 385 g/mol. The van der Waals surface area contributed by atoms with E-state index in [0.29, 0.717) is 0 Å². The zero-order valence-electron chi connectivity index (χ0n) is 14.1. The average Bonchev–Trinajstić information content (AvgIpc) is 2.93. The van der Waals surface area contributed by atoms with Crippen molar-refractivity contribution in [1.82, 2.24) is 10.2 Å². The highest BCUT2D eigenvalue weighted by Crippen LogP contribution is 2.25. The molecule has 0 unspecified atom stereocenters. The molecule has 1 aromatic rings. The molecule has 1 heterocycles.